The first-order chi connectivity index (χ1) is 60.0. The first kappa shape index (κ1) is 116. The molecule has 0 aromatic heterocycles. The summed E-state index contributed by atoms with van der Waals surface area (Å²) >= 11 is 0. The van der Waals surface area contributed by atoms with Crippen LogP contribution in [0, 0.1) is 0 Å². The first-order valence-corrected chi connectivity index (χ1v) is 52.9. The molecule has 0 unspecified atom stereocenters. The van der Waals surface area contributed by atoms with Crippen LogP contribution in [0.5, 0.6) is 0 Å². The van der Waals surface area contributed by atoms with E-state index >= 15 is 0 Å². The van der Waals surface area contributed by atoms with Crippen molar-refractivity contribution in [3.8, 4) is 0 Å². The second-order valence-electron chi connectivity index (χ2n) is 26.8. The maximum absolute atomic E-state index is 13.2. The highest BCUT2D eigenvalue weighted by atomic mass is 32.3. The summed E-state index contributed by atoms with van der Waals surface area (Å²) in [5, 5.41) is 81.7. The lowest BCUT2D eigenvalue weighted by Crippen LogP contribution is -2.70. The van der Waals surface area contributed by atoms with Crippen molar-refractivity contribution in [3.63, 3.8) is 0 Å². The number of ether oxygens (including phenoxy) is 14. The Morgan fingerprint density at radius 3 is 0.474 bits per heavy atom. The molecule has 0 spiro atoms. The molecular weight excluding hydrogens is 2190 g/mol. The summed E-state index contributed by atoms with van der Waals surface area (Å²) < 4.78 is 637. The molecule has 35 atom stereocenters. The zero-order valence-corrected chi connectivity index (χ0v) is 74.6. The number of aliphatic hydroxyl groups excluding tert-OH is 7. The SMILES string of the molecule is O=S(=O)(O)OC[C@H]1O[C@@H]2O[C@H]3[C@H](O)[C@@H](O)[C@@H](O[C@H]4[C@H](OS(=O)(=O)O)[C@@H](OS(=O)(=O)O)[C@@H](O[C@H]5[C@H](OS(=O)(=O)O)[C@@H](OS(=O)(=O)O)[C@@H](O[C@H]6[C@H](OS(=O)(=O)O)[C@@H](OS(=O)(=O)O)[C@@H](O[C@H]7[C@H](OS(=O)(=O)O)[C@@H](OS(=O)(=O)O)[C@@H](O[C@H]8[C@H](O)[C@@H](O)[C@@H](O[C@H]1[C@H](O)[C@H]2O)O[C@@H]8CO)O[C@@H]7COS(=O)(=O)O)O[C@@H]6COS(=O)(=O)O)O[C@@H]5COS(=O)(=O)O)O[C@@H]4COS(=O)(=O)O)O[C@@H]3COS(=O)(=O)O. The summed E-state index contributed by atoms with van der Waals surface area (Å²) in [5.74, 6) is 0. The highest BCUT2D eigenvalue weighted by Gasteiger charge is 2.65. The van der Waals surface area contributed by atoms with Crippen molar-refractivity contribution in [2.75, 3.05) is 46.2 Å². The molecule has 0 saturated carbocycles. The predicted octanol–water partition coefficient (Wildman–Crippen LogP) is -17.7. The smallest absolute Gasteiger partial charge is 0.394 e. The third-order valence-corrected chi connectivity index (χ3v) is 24.0. The van der Waals surface area contributed by atoms with E-state index in [0.29, 0.717) is 0 Å². The van der Waals surface area contributed by atoms with Gasteiger partial charge in [0.05, 0.1) is 46.2 Å². The van der Waals surface area contributed by atoms with E-state index in [1.807, 2.05) is 0 Å². The standard InChI is InChI=1S/C42H70O77S14/c43-1-8-21-15(44)18(47)36(98-8)105-22-9(2-92-120(50,51)52)99-37(19(48)16(22)45)106-23-10(3-93-121(53,54)55)100-38(20(49)17(23)46)108-24-11(4-94-122(56,57)58)102-40(33(117-131(83,84)85)28(24)112-126(68,69)70)110-26-13(6-96-124(62,63)64)104-42(35(119-133(89,90)91)30(26)114-128(74,75)76)111-27-14(7-97-125(65,66)67)103-41(34(118-132(86,87)88)31(27)115-129(77,78)79)109-25-12(5-95-123(59,60)61)101-39(107-21)32(116-130(80,81)82)29(25)113-127(71,72)73/h8-49H,1-7H2,(H,50,51,52)(H,53,54,55)(H,56,57,58)(H,59,60,61)(H,62,63,64)(H,65,66,67)(H,68,69,70)(H,71,72,73)(H,74,75,76)(H,77,78,79)(H,80,81,82)(H,83,84,85)(H,86,87,88)(H,89,90,91)/t8-,9-,10-,11-,12-,13-,14-,15-,16-,17-,18-,19-,20-,21-,22-,23-,24-,25-,26-,27-,28+,29+,30+,31+,32-,33-,34-,35-,36-,37-,38-,39-,40-,41-,42-/m1/s1. The summed E-state index contributed by atoms with van der Waals surface area (Å²) in [6.45, 7) is -15.5. The minimum atomic E-state index is -6.96. The number of hydrogen-bond donors (Lipinski definition) is 21. The molecule has 0 aromatic carbocycles. The Morgan fingerprint density at radius 1 is 0.165 bits per heavy atom. The van der Waals surface area contributed by atoms with E-state index in [2.05, 4.69) is 58.6 Å². The summed E-state index contributed by atoms with van der Waals surface area (Å²) in [7, 11) is -92.0. The molecule has 77 nitrogen and oxygen atoms in total. The van der Waals surface area contributed by atoms with Gasteiger partial charge < -0.3 is 102 Å². The largest absolute Gasteiger partial charge is 0.397 e. The molecule has 21 fully saturated rings. The van der Waals surface area contributed by atoms with Crippen molar-refractivity contribution in [2.45, 2.75) is 215 Å². The molecule has 133 heavy (non-hydrogen) atoms. The second kappa shape index (κ2) is 43.5. The molecule has 21 rings (SSSR count). The quantitative estimate of drug-likeness (QED) is 0.0262. The highest BCUT2D eigenvalue weighted by molar-refractivity contribution is 7.84. The van der Waals surface area contributed by atoms with Crippen molar-refractivity contribution in [1.82, 2.24) is 0 Å². The van der Waals surface area contributed by atoms with Gasteiger partial charge in [0.25, 0.3) is 0 Å². The Balaban J connectivity index is 1.48. The lowest BCUT2D eigenvalue weighted by atomic mass is 9.95. The fourth-order valence-electron chi connectivity index (χ4n) is 13.1. The van der Waals surface area contributed by atoms with E-state index in [1.165, 1.54) is 0 Å². The Kier molecular flexibility index (Phi) is 37.8. The van der Waals surface area contributed by atoms with E-state index < -0.39 is 407 Å². The van der Waals surface area contributed by atoms with Gasteiger partial charge in [0.2, 0.25) is 0 Å². The third kappa shape index (κ3) is 35.4. The summed E-state index contributed by atoms with van der Waals surface area (Å²) in [6.07, 6.45) is -121. The average molecular weight is 2260 g/mol. The molecular formula is C42H70O77S14. The number of rotatable bonds is 35. The Labute approximate surface area is 744 Å². The average Bonchev–Trinajstić information content (AvgIpc) is 0.802. The van der Waals surface area contributed by atoms with E-state index in [4.69, 9.17) is 66.3 Å². The molecule has 0 radical (unpaired) electrons. The molecule has 21 saturated heterocycles. The number of hydrogen-bond acceptors (Lipinski definition) is 63. The third-order valence-electron chi connectivity index (χ3n) is 17.7. The van der Waals surface area contributed by atoms with Crippen LogP contribution in [0.25, 0.3) is 0 Å². The van der Waals surface area contributed by atoms with Crippen molar-refractivity contribution >= 4 is 146 Å². The zero-order valence-electron chi connectivity index (χ0n) is 63.1. The Morgan fingerprint density at radius 2 is 0.301 bits per heavy atom. The fraction of sp³-hybridized carbons (Fsp3) is 1.00. The maximum Gasteiger partial charge on any atom is 0.397 e. The van der Waals surface area contributed by atoms with E-state index in [0.717, 1.165) is 0 Å². The number of aliphatic hydroxyl groups is 7. The topological polar surface area (TPSA) is 1160 Å². The monoisotopic (exact) mass is 2250 g/mol. The van der Waals surface area contributed by atoms with Gasteiger partial charge in [-0.3, -0.25) is 63.7 Å². The van der Waals surface area contributed by atoms with Crippen molar-refractivity contribution in [1.29, 1.82) is 0 Å². The predicted molar refractivity (Wildman–Crippen MR) is 374 cm³/mol. The minimum absolute atomic E-state index is 1.84. The van der Waals surface area contributed by atoms with Crippen LogP contribution in [-0.4, -0.2) is 479 Å². The molecule has 21 heterocycles. The van der Waals surface area contributed by atoms with E-state index in [1.54, 1.807) is 0 Å². The molecule has 21 aliphatic heterocycles. The van der Waals surface area contributed by atoms with Gasteiger partial charge in [-0.05, 0) is 0 Å². The van der Waals surface area contributed by atoms with Crippen LogP contribution in [0.15, 0.2) is 0 Å². The minimum Gasteiger partial charge on any atom is -0.394 e. The molecule has 21 N–H and O–H groups in total. The second-order valence-corrected chi connectivity index (χ2v) is 41.7. The van der Waals surface area contributed by atoms with Crippen molar-refractivity contribution in [2.24, 2.45) is 0 Å². The maximum atomic E-state index is 13.2. The highest BCUT2D eigenvalue weighted by Crippen LogP contribution is 2.44. The van der Waals surface area contributed by atoms with Crippen LogP contribution in [0.4, 0.5) is 0 Å². The fourth-order valence-corrected chi connectivity index (χ4v) is 18.9. The molecule has 0 amide bonds. The van der Waals surface area contributed by atoms with Gasteiger partial charge in [-0.1, -0.05) is 0 Å². The summed E-state index contributed by atoms with van der Waals surface area (Å²) in [5.41, 5.74) is 0. The molecule has 0 aliphatic carbocycles. The van der Waals surface area contributed by atoms with Crippen LogP contribution >= 0.6 is 0 Å². The normalized spacial score (nSPS) is 38.8. The van der Waals surface area contributed by atoms with Crippen molar-refractivity contribution < 1.29 is 342 Å². The van der Waals surface area contributed by atoms with Crippen molar-refractivity contribution in [3.05, 3.63) is 0 Å². The van der Waals surface area contributed by atoms with Gasteiger partial charge in [0.1, 0.15) is 146 Å². The van der Waals surface area contributed by atoms with Gasteiger partial charge in [-0.2, -0.15) is 118 Å². The van der Waals surface area contributed by atoms with Crippen LogP contribution < -0.4 is 0 Å². The Bertz CT molecular complexity index is 5730. The molecule has 91 heteroatoms. The van der Waals surface area contributed by atoms with E-state index in [-0.39, 0.29) is 0 Å². The molecule has 21 aliphatic rings. The first-order valence-electron chi connectivity index (χ1n) is 33.8. The summed E-state index contributed by atoms with van der Waals surface area (Å²) in [6, 6.07) is 0. The lowest BCUT2D eigenvalue weighted by Gasteiger charge is -2.51. The van der Waals surface area contributed by atoms with Gasteiger partial charge >= 0.3 is 146 Å². The lowest BCUT2D eigenvalue weighted by molar-refractivity contribution is -0.394. The van der Waals surface area contributed by atoms with Gasteiger partial charge in [-0.25, -0.2) is 58.6 Å². The van der Waals surface area contributed by atoms with Crippen LogP contribution in [0.1, 0.15) is 0 Å². The van der Waals surface area contributed by atoms with Crippen LogP contribution in [0.3, 0.4) is 0 Å². The molecule has 0 aromatic rings. The summed E-state index contributed by atoms with van der Waals surface area (Å²) in [4.78, 5) is 0. The van der Waals surface area contributed by atoms with E-state index in [9.17, 15) is 217 Å². The molecule has 784 valence electrons. The van der Waals surface area contributed by atoms with Gasteiger partial charge in [0, 0.05) is 0 Å². The molecule has 14 bridgehead atoms. The van der Waals surface area contributed by atoms with Crippen LogP contribution in [0.2, 0.25) is 0 Å². The van der Waals surface area contributed by atoms with Gasteiger partial charge in [0.15, 0.2) is 68.4 Å². The Hall–Kier alpha value is -2.66. The zero-order chi connectivity index (χ0) is 101. The van der Waals surface area contributed by atoms with Crippen LogP contribution in [-0.2, 0) is 270 Å². The van der Waals surface area contributed by atoms with Gasteiger partial charge in [-0.15, -0.1) is 0 Å².